The van der Waals surface area contributed by atoms with Gasteiger partial charge in [0.05, 0.1) is 0 Å². The minimum atomic E-state index is 0.926. The Hall–Kier alpha value is -4.14. The van der Waals surface area contributed by atoms with Gasteiger partial charge >= 0.3 is 0 Å². The molecule has 5 aromatic carbocycles. The Balaban J connectivity index is 1.47. The van der Waals surface area contributed by atoms with Crippen molar-refractivity contribution in [3.8, 4) is 32.0 Å². The van der Waals surface area contributed by atoms with E-state index >= 15 is 0 Å². The maximum atomic E-state index is 6.07. The summed E-state index contributed by atoms with van der Waals surface area (Å²) in [6.07, 6.45) is 0. The van der Waals surface area contributed by atoms with Crippen molar-refractivity contribution in [2.75, 3.05) is 0 Å². The summed E-state index contributed by atoms with van der Waals surface area (Å²) in [6.45, 7) is 0. The maximum Gasteiger partial charge on any atom is 0.135 e. The molecule has 7 rings (SSSR count). The minimum Gasteiger partial charge on any atom is -0.456 e. The van der Waals surface area contributed by atoms with E-state index in [4.69, 9.17) is 4.42 Å². The highest BCUT2D eigenvalue weighted by atomic mass is 32.1. The maximum absolute atomic E-state index is 6.07. The van der Waals surface area contributed by atoms with Crippen LogP contribution in [-0.2, 0) is 0 Å². The van der Waals surface area contributed by atoms with Crippen LogP contribution in [0.4, 0.5) is 0 Å². The van der Waals surface area contributed by atoms with Gasteiger partial charge in [-0.1, -0.05) is 103 Å². The van der Waals surface area contributed by atoms with E-state index < -0.39 is 0 Å². The van der Waals surface area contributed by atoms with Gasteiger partial charge in [-0.05, 0) is 34.9 Å². The van der Waals surface area contributed by atoms with Gasteiger partial charge in [0.15, 0.2) is 0 Å². The van der Waals surface area contributed by atoms with E-state index in [0.717, 1.165) is 21.9 Å². The van der Waals surface area contributed by atoms with Crippen molar-refractivity contribution in [2.24, 2.45) is 0 Å². The third kappa shape index (κ3) is 3.00. The van der Waals surface area contributed by atoms with Gasteiger partial charge in [-0.15, -0.1) is 11.3 Å². The number of hydrogen-bond acceptors (Lipinski definition) is 2. The van der Waals surface area contributed by atoms with Gasteiger partial charge in [0.2, 0.25) is 0 Å². The van der Waals surface area contributed by atoms with Gasteiger partial charge in [0, 0.05) is 36.9 Å². The Morgan fingerprint density at radius 1 is 0.412 bits per heavy atom. The summed E-state index contributed by atoms with van der Waals surface area (Å²) < 4.78 is 6.07. The van der Waals surface area contributed by atoms with Crippen LogP contribution < -0.4 is 0 Å². The van der Waals surface area contributed by atoms with E-state index in [1.807, 2.05) is 23.5 Å². The lowest BCUT2D eigenvalue weighted by Gasteiger charge is -2.09. The van der Waals surface area contributed by atoms with Crippen molar-refractivity contribution in [3.05, 3.63) is 121 Å². The second-order valence-corrected chi connectivity index (χ2v) is 9.55. The molecule has 0 aliphatic rings. The summed E-state index contributed by atoms with van der Waals surface area (Å²) in [5.74, 6) is 0. The standard InChI is InChI=1S/C32H20OS/c1-2-10-21(11-3-1)31-26-15-6-7-16-27(26)32(34-31)25-14-5-4-12-23(25)22-18-19-30-28(20-22)24-13-8-9-17-29(24)33-30/h1-20H. The van der Waals surface area contributed by atoms with E-state index in [-0.39, 0.29) is 0 Å². The van der Waals surface area contributed by atoms with Crippen molar-refractivity contribution < 1.29 is 4.42 Å². The third-order valence-electron chi connectivity index (χ3n) is 6.52. The fraction of sp³-hybridized carbons (Fsp3) is 0. The molecule has 0 fully saturated rings. The number of furan rings is 1. The zero-order chi connectivity index (χ0) is 22.5. The van der Waals surface area contributed by atoms with Crippen molar-refractivity contribution in [3.63, 3.8) is 0 Å². The molecule has 0 amide bonds. The van der Waals surface area contributed by atoms with Crippen molar-refractivity contribution in [1.82, 2.24) is 0 Å². The van der Waals surface area contributed by atoms with E-state index in [1.165, 1.54) is 42.8 Å². The molecule has 0 radical (unpaired) electrons. The molecule has 0 saturated heterocycles. The van der Waals surface area contributed by atoms with E-state index in [2.05, 4.69) is 109 Å². The highest BCUT2D eigenvalue weighted by Gasteiger charge is 2.17. The molecule has 0 aliphatic heterocycles. The Morgan fingerprint density at radius 2 is 1.03 bits per heavy atom. The molecule has 0 aliphatic carbocycles. The normalized spacial score (nSPS) is 11.5. The smallest absolute Gasteiger partial charge is 0.135 e. The van der Waals surface area contributed by atoms with Crippen LogP contribution in [0.1, 0.15) is 0 Å². The van der Waals surface area contributed by atoms with Crippen molar-refractivity contribution in [1.29, 1.82) is 0 Å². The Labute approximate surface area is 201 Å². The molecule has 0 spiro atoms. The fourth-order valence-corrected chi connectivity index (χ4v) is 6.24. The number of benzene rings is 5. The molecule has 0 atom stereocenters. The molecule has 0 saturated carbocycles. The lowest BCUT2D eigenvalue weighted by Crippen LogP contribution is -1.83. The lowest BCUT2D eigenvalue weighted by atomic mass is 9.95. The van der Waals surface area contributed by atoms with Gasteiger partial charge in [-0.3, -0.25) is 0 Å². The zero-order valence-corrected chi connectivity index (χ0v) is 19.2. The molecular formula is C32H20OS. The Kier molecular flexibility index (Phi) is 4.39. The van der Waals surface area contributed by atoms with E-state index in [1.54, 1.807) is 0 Å². The molecule has 34 heavy (non-hydrogen) atoms. The summed E-state index contributed by atoms with van der Waals surface area (Å²) in [4.78, 5) is 2.62. The topological polar surface area (TPSA) is 13.1 Å². The summed E-state index contributed by atoms with van der Waals surface area (Å²) in [5.41, 5.74) is 6.82. The molecule has 0 N–H and O–H groups in total. The second-order valence-electron chi connectivity index (χ2n) is 8.53. The summed E-state index contributed by atoms with van der Waals surface area (Å²) >= 11 is 1.88. The number of thiophene rings is 1. The fourth-order valence-electron chi connectivity index (χ4n) is 4.92. The Bertz CT molecular complexity index is 1800. The van der Waals surface area contributed by atoms with Crippen LogP contribution in [0.2, 0.25) is 0 Å². The van der Waals surface area contributed by atoms with Gasteiger partial charge in [0.1, 0.15) is 11.2 Å². The van der Waals surface area contributed by atoms with E-state index in [0.29, 0.717) is 0 Å². The molecular weight excluding hydrogens is 432 g/mol. The van der Waals surface area contributed by atoms with Crippen molar-refractivity contribution in [2.45, 2.75) is 0 Å². The van der Waals surface area contributed by atoms with Crippen molar-refractivity contribution >= 4 is 44.0 Å². The largest absolute Gasteiger partial charge is 0.456 e. The first-order valence-corrected chi connectivity index (χ1v) is 12.3. The average Bonchev–Trinajstić information content (AvgIpc) is 3.48. The van der Waals surface area contributed by atoms with Crippen LogP contribution in [0.3, 0.4) is 0 Å². The molecule has 1 nitrogen and oxygen atoms in total. The number of hydrogen-bond donors (Lipinski definition) is 0. The van der Waals surface area contributed by atoms with Crippen LogP contribution >= 0.6 is 11.3 Å². The molecule has 2 aromatic heterocycles. The van der Waals surface area contributed by atoms with Gasteiger partial charge in [-0.2, -0.15) is 0 Å². The molecule has 2 heteroatoms. The van der Waals surface area contributed by atoms with Gasteiger partial charge < -0.3 is 4.42 Å². The summed E-state index contributed by atoms with van der Waals surface area (Å²) in [7, 11) is 0. The van der Waals surface area contributed by atoms with Gasteiger partial charge in [0.25, 0.3) is 0 Å². The SMILES string of the molecule is c1ccc(-c2sc(-c3ccccc3-c3ccc4oc5ccccc5c4c3)c3ccccc23)cc1. The van der Waals surface area contributed by atoms with Crippen LogP contribution in [0.5, 0.6) is 0 Å². The molecule has 160 valence electrons. The number of rotatable bonds is 3. The lowest BCUT2D eigenvalue weighted by molar-refractivity contribution is 0.669. The highest BCUT2D eigenvalue weighted by molar-refractivity contribution is 7.21. The van der Waals surface area contributed by atoms with Crippen LogP contribution in [-0.4, -0.2) is 0 Å². The first kappa shape index (κ1) is 19.3. The number of para-hydroxylation sites is 1. The zero-order valence-electron chi connectivity index (χ0n) is 18.4. The predicted octanol–water partition coefficient (Wildman–Crippen LogP) is 9.80. The summed E-state index contributed by atoms with van der Waals surface area (Å²) in [5, 5.41) is 4.92. The number of fused-ring (bicyclic) bond motifs is 4. The molecule has 0 unspecified atom stereocenters. The van der Waals surface area contributed by atoms with Crippen LogP contribution in [0.25, 0.3) is 64.7 Å². The van der Waals surface area contributed by atoms with Gasteiger partial charge in [-0.25, -0.2) is 0 Å². The summed E-state index contributed by atoms with van der Waals surface area (Å²) in [6, 6.07) is 43.0. The highest BCUT2D eigenvalue weighted by Crippen LogP contribution is 2.47. The second kappa shape index (κ2) is 7.72. The Morgan fingerprint density at radius 3 is 1.85 bits per heavy atom. The first-order chi connectivity index (χ1) is 16.9. The molecule has 2 heterocycles. The molecule has 7 aromatic rings. The minimum absolute atomic E-state index is 0.926. The predicted molar refractivity (Wildman–Crippen MR) is 145 cm³/mol. The average molecular weight is 453 g/mol. The monoisotopic (exact) mass is 452 g/mol. The third-order valence-corrected chi connectivity index (χ3v) is 7.82. The van der Waals surface area contributed by atoms with E-state index in [9.17, 15) is 0 Å². The van der Waals surface area contributed by atoms with Crippen LogP contribution in [0.15, 0.2) is 126 Å². The first-order valence-electron chi connectivity index (χ1n) is 11.4. The molecule has 0 bridgehead atoms. The quantitative estimate of drug-likeness (QED) is 0.260. The van der Waals surface area contributed by atoms with Crippen LogP contribution in [0, 0.1) is 0 Å².